The second kappa shape index (κ2) is 32.6. The van der Waals surface area contributed by atoms with Crippen LogP contribution in [0.15, 0.2) is 0 Å². The van der Waals surface area contributed by atoms with Crippen molar-refractivity contribution in [1.82, 2.24) is 5.48 Å². The molecule has 0 rings (SSSR count). The van der Waals surface area contributed by atoms with Gasteiger partial charge in [-0.25, -0.2) is 5.48 Å². The largest absolute Gasteiger partial charge is 0.317 e. The molecule has 0 saturated carbocycles. The van der Waals surface area contributed by atoms with Crippen LogP contribution in [0.5, 0.6) is 0 Å². The molecule has 72 valence electrons. The highest BCUT2D eigenvalue weighted by Crippen LogP contribution is 1.76. The number of unbranched alkanes of at least 4 members (excludes halogenated alkanes) is 1. The lowest BCUT2D eigenvalue weighted by molar-refractivity contribution is 0.167. The molecule has 0 bridgehead atoms. The van der Waals surface area contributed by atoms with E-state index in [1.165, 1.54) is 12.8 Å². The van der Waals surface area contributed by atoms with Crippen molar-refractivity contribution in [3.05, 3.63) is 0 Å². The van der Waals surface area contributed by atoms with Gasteiger partial charge in [0, 0.05) is 6.54 Å². The monoisotopic (exact) mass is 163 g/mol. The highest BCUT2D eigenvalue weighted by molar-refractivity contribution is 4.22. The van der Waals surface area contributed by atoms with Crippen LogP contribution in [0.25, 0.3) is 0 Å². The summed E-state index contributed by atoms with van der Waals surface area (Å²) in [5.41, 5.74) is 2.02. The molecule has 2 N–H and O–H groups in total. The van der Waals surface area contributed by atoms with E-state index >= 15 is 0 Å². The van der Waals surface area contributed by atoms with Gasteiger partial charge in [0.25, 0.3) is 0 Å². The van der Waals surface area contributed by atoms with Crippen LogP contribution in [0.3, 0.4) is 0 Å². The lowest BCUT2D eigenvalue weighted by Gasteiger charge is -1.83. The summed E-state index contributed by atoms with van der Waals surface area (Å²) in [6, 6.07) is 0. The van der Waals surface area contributed by atoms with Crippen LogP contribution in [0.2, 0.25) is 0 Å². The van der Waals surface area contributed by atoms with Crippen molar-refractivity contribution in [3.8, 4) is 0 Å². The third-order valence-corrected chi connectivity index (χ3v) is 0.862. The second-order valence-electron chi connectivity index (χ2n) is 1.91. The quantitative estimate of drug-likeness (QED) is 0.626. The second-order valence-corrected chi connectivity index (χ2v) is 1.91. The minimum atomic E-state index is 0.694. The molecule has 0 fully saturated rings. The van der Waals surface area contributed by atoms with E-state index in [1.54, 1.807) is 0 Å². The number of hydroxylamine groups is 1. The highest BCUT2D eigenvalue weighted by Gasteiger charge is 1.66. The Morgan fingerprint density at radius 2 is 1.27 bits per heavy atom. The van der Waals surface area contributed by atoms with Crippen LogP contribution < -0.4 is 5.48 Å². The van der Waals surface area contributed by atoms with E-state index in [0.29, 0.717) is 6.54 Å². The maximum absolute atomic E-state index is 7.82. The van der Waals surface area contributed by atoms with E-state index in [9.17, 15) is 0 Å². The number of rotatable bonds is 3. The molecule has 0 heterocycles. The first kappa shape index (κ1) is 17.1. The van der Waals surface area contributed by atoms with Gasteiger partial charge < -0.3 is 5.21 Å². The third-order valence-electron chi connectivity index (χ3n) is 0.862. The van der Waals surface area contributed by atoms with Crippen molar-refractivity contribution < 1.29 is 5.21 Å². The number of hydrogen-bond acceptors (Lipinski definition) is 2. The van der Waals surface area contributed by atoms with Crippen molar-refractivity contribution in [2.75, 3.05) is 6.54 Å². The SMILES string of the molecule is CC.CCCC.CCCNO. The van der Waals surface area contributed by atoms with Crippen LogP contribution in [0.4, 0.5) is 0 Å². The van der Waals surface area contributed by atoms with Gasteiger partial charge in [0.15, 0.2) is 0 Å². The van der Waals surface area contributed by atoms with E-state index in [1.807, 2.05) is 26.3 Å². The Labute approximate surface area is 72.0 Å². The molecule has 0 aliphatic heterocycles. The fourth-order valence-corrected chi connectivity index (χ4v) is 0.112. The van der Waals surface area contributed by atoms with Gasteiger partial charge in [-0.05, 0) is 6.42 Å². The summed E-state index contributed by atoms with van der Waals surface area (Å²) in [7, 11) is 0. The van der Waals surface area contributed by atoms with Crippen LogP contribution in [0.1, 0.15) is 53.9 Å². The zero-order valence-corrected chi connectivity index (χ0v) is 8.78. The predicted molar refractivity (Wildman–Crippen MR) is 52.0 cm³/mol. The summed E-state index contributed by atoms with van der Waals surface area (Å²) in [5.74, 6) is 0. The molecular formula is C9H25NO. The van der Waals surface area contributed by atoms with Gasteiger partial charge in [-0.15, -0.1) is 0 Å². The Hall–Kier alpha value is -0.0800. The molecule has 0 amide bonds. The molecule has 0 unspecified atom stereocenters. The Morgan fingerprint density at radius 3 is 1.27 bits per heavy atom. The molecular weight excluding hydrogens is 138 g/mol. The van der Waals surface area contributed by atoms with Gasteiger partial charge >= 0.3 is 0 Å². The molecule has 2 nitrogen and oxygen atoms in total. The van der Waals surface area contributed by atoms with E-state index in [4.69, 9.17) is 5.21 Å². The molecule has 2 heteroatoms. The molecule has 0 aliphatic carbocycles. The van der Waals surface area contributed by atoms with E-state index in [-0.39, 0.29) is 0 Å². The summed E-state index contributed by atoms with van der Waals surface area (Å²) in [6.45, 7) is 11.0. The molecule has 0 aliphatic rings. The third kappa shape index (κ3) is 73.0. The molecule has 0 spiro atoms. The fraction of sp³-hybridized carbons (Fsp3) is 1.00. The summed E-state index contributed by atoms with van der Waals surface area (Å²) >= 11 is 0. The van der Waals surface area contributed by atoms with Crippen molar-refractivity contribution in [2.45, 2.75) is 53.9 Å². The Kier molecular flexibility index (Phi) is 50.8. The van der Waals surface area contributed by atoms with Crippen LogP contribution in [0, 0.1) is 0 Å². The molecule has 0 aromatic carbocycles. The average molecular weight is 163 g/mol. The summed E-state index contributed by atoms with van der Waals surface area (Å²) < 4.78 is 0. The van der Waals surface area contributed by atoms with Gasteiger partial charge in [0.05, 0.1) is 0 Å². The topological polar surface area (TPSA) is 32.3 Å². The normalized spacial score (nSPS) is 7.09. The lowest BCUT2D eigenvalue weighted by atomic mass is 10.4. The van der Waals surface area contributed by atoms with E-state index in [0.717, 1.165) is 6.42 Å². The number of nitrogens with one attached hydrogen (secondary N) is 1. The van der Waals surface area contributed by atoms with Gasteiger partial charge in [0.2, 0.25) is 0 Å². The van der Waals surface area contributed by atoms with Crippen molar-refractivity contribution in [3.63, 3.8) is 0 Å². The maximum atomic E-state index is 7.82. The lowest BCUT2D eigenvalue weighted by Crippen LogP contribution is -2.06. The van der Waals surface area contributed by atoms with Crippen molar-refractivity contribution >= 4 is 0 Å². The van der Waals surface area contributed by atoms with Gasteiger partial charge in [-0.2, -0.15) is 0 Å². The highest BCUT2D eigenvalue weighted by atomic mass is 16.5. The molecule has 0 radical (unpaired) electrons. The van der Waals surface area contributed by atoms with Crippen LogP contribution in [-0.4, -0.2) is 11.8 Å². The minimum Gasteiger partial charge on any atom is -0.317 e. The smallest absolute Gasteiger partial charge is 0.0204 e. The molecule has 0 atom stereocenters. The standard InChI is InChI=1S/C4H10.C3H9NO.C2H6/c1-3-4-2;1-2-3-4-5;1-2/h3-4H2,1-2H3;4-5H,2-3H2,1H3;1-2H3. The molecule has 0 aromatic heterocycles. The first-order valence-electron chi connectivity index (χ1n) is 4.70. The van der Waals surface area contributed by atoms with Crippen molar-refractivity contribution in [2.24, 2.45) is 0 Å². The zero-order chi connectivity index (χ0) is 9.54. The summed E-state index contributed by atoms with van der Waals surface area (Å²) in [4.78, 5) is 0. The van der Waals surface area contributed by atoms with Gasteiger partial charge in [0.1, 0.15) is 0 Å². The van der Waals surface area contributed by atoms with Crippen LogP contribution >= 0.6 is 0 Å². The van der Waals surface area contributed by atoms with E-state index in [2.05, 4.69) is 13.8 Å². The summed E-state index contributed by atoms with van der Waals surface area (Å²) in [6.07, 6.45) is 3.62. The Morgan fingerprint density at radius 1 is 0.909 bits per heavy atom. The number of hydrogen-bond donors (Lipinski definition) is 2. The predicted octanol–water partition coefficient (Wildman–Crippen LogP) is 3.21. The molecule has 0 saturated heterocycles. The minimum absolute atomic E-state index is 0.694. The first-order chi connectivity index (χ1) is 5.33. The van der Waals surface area contributed by atoms with Crippen molar-refractivity contribution in [1.29, 1.82) is 0 Å². The molecule has 11 heavy (non-hydrogen) atoms. The Bertz CT molecular complexity index is 28.7. The average Bonchev–Trinajstić information content (AvgIpc) is 2.10. The zero-order valence-electron chi connectivity index (χ0n) is 8.78. The molecule has 0 aromatic rings. The van der Waals surface area contributed by atoms with Crippen LogP contribution in [-0.2, 0) is 0 Å². The van der Waals surface area contributed by atoms with E-state index < -0.39 is 0 Å². The summed E-state index contributed by atoms with van der Waals surface area (Å²) in [5, 5.41) is 7.82. The maximum Gasteiger partial charge on any atom is 0.0204 e. The van der Waals surface area contributed by atoms with Gasteiger partial charge in [-0.3, -0.25) is 0 Å². The van der Waals surface area contributed by atoms with Gasteiger partial charge in [-0.1, -0.05) is 47.5 Å². The first-order valence-corrected chi connectivity index (χ1v) is 4.70. The fourth-order valence-electron chi connectivity index (χ4n) is 0.112. The Balaban J connectivity index is -0.0000000965.